The molecule has 1 amide bonds. The summed E-state index contributed by atoms with van der Waals surface area (Å²) in [6.45, 7) is 5.49. The first-order valence-corrected chi connectivity index (χ1v) is 8.96. The summed E-state index contributed by atoms with van der Waals surface area (Å²) in [5, 5.41) is 2.96. The van der Waals surface area contributed by atoms with Gasteiger partial charge in [-0.05, 0) is 62.2 Å². The summed E-state index contributed by atoms with van der Waals surface area (Å²) in [7, 11) is 1.91. The Morgan fingerprint density at radius 1 is 1.24 bits per heavy atom. The molecule has 2 aromatic rings. The summed E-state index contributed by atoms with van der Waals surface area (Å²) < 4.78 is 5.30. The number of rotatable bonds is 6. The second-order valence-electron chi connectivity index (χ2n) is 7.02. The molecule has 0 aliphatic carbocycles. The van der Waals surface area contributed by atoms with E-state index in [0.29, 0.717) is 13.1 Å². The number of likely N-dealkylation sites (N-methyl/N-ethyl adjacent to an activating group) is 1. The molecule has 1 fully saturated rings. The third kappa shape index (κ3) is 5.10. The lowest BCUT2D eigenvalue weighted by atomic mass is 9.99. The Morgan fingerprint density at radius 3 is 2.60 bits per heavy atom. The van der Waals surface area contributed by atoms with Crippen LogP contribution < -0.4 is 10.2 Å². The average Bonchev–Trinajstić information content (AvgIpc) is 3.09. The van der Waals surface area contributed by atoms with E-state index in [4.69, 9.17) is 4.42 Å². The SMILES string of the molecule is CC1CCN(c2ccc(NC(=O)CN(C)Cc3ccco3)cc2)CC1. The predicted molar refractivity (Wildman–Crippen MR) is 101 cm³/mol. The number of carbonyl (C=O) groups excluding carboxylic acids is 1. The molecule has 1 N–H and O–H groups in total. The topological polar surface area (TPSA) is 48.7 Å². The fraction of sp³-hybridized carbons (Fsp3) is 0.450. The molecular weight excluding hydrogens is 314 g/mol. The molecule has 1 aromatic carbocycles. The molecule has 2 heterocycles. The molecule has 5 heteroatoms. The predicted octanol–water partition coefficient (Wildman–Crippen LogP) is 3.59. The lowest BCUT2D eigenvalue weighted by Crippen LogP contribution is -2.32. The Labute approximate surface area is 149 Å². The summed E-state index contributed by atoms with van der Waals surface area (Å²) in [4.78, 5) is 16.5. The van der Waals surface area contributed by atoms with E-state index in [-0.39, 0.29) is 5.91 Å². The number of benzene rings is 1. The highest BCUT2D eigenvalue weighted by atomic mass is 16.3. The van der Waals surface area contributed by atoms with Gasteiger partial charge in [-0.25, -0.2) is 0 Å². The molecule has 0 atom stereocenters. The van der Waals surface area contributed by atoms with E-state index in [1.807, 2.05) is 36.2 Å². The van der Waals surface area contributed by atoms with Crippen molar-refractivity contribution in [1.82, 2.24) is 4.90 Å². The van der Waals surface area contributed by atoms with E-state index in [1.54, 1.807) is 6.26 Å². The molecule has 1 aliphatic heterocycles. The highest BCUT2D eigenvalue weighted by Gasteiger charge is 2.16. The van der Waals surface area contributed by atoms with Crippen LogP contribution in [0.2, 0.25) is 0 Å². The van der Waals surface area contributed by atoms with Crippen LogP contribution in [0.5, 0.6) is 0 Å². The number of hydrogen-bond acceptors (Lipinski definition) is 4. The number of amides is 1. The zero-order valence-electron chi connectivity index (χ0n) is 15.1. The molecule has 0 unspecified atom stereocenters. The van der Waals surface area contributed by atoms with Crippen LogP contribution in [0.1, 0.15) is 25.5 Å². The van der Waals surface area contributed by atoms with Gasteiger partial charge in [0.05, 0.1) is 19.4 Å². The van der Waals surface area contributed by atoms with Gasteiger partial charge in [-0.15, -0.1) is 0 Å². The highest BCUT2D eigenvalue weighted by molar-refractivity contribution is 5.92. The number of furan rings is 1. The Morgan fingerprint density at radius 2 is 1.96 bits per heavy atom. The van der Waals surface area contributed by atoms with Gasteiger partial charge in [-0.3, -0.25) is 9.69 Å². The first-order valence-electron chi connectivity index (χ1n) is 8.96. The number of piperidine rings is 1. The molecule has 0 bridgehead atoms. The van der Waals surface area contributed by atoms with Crippen molar-refractivity contribution < 1.29 is 9.21 Å². The van der Waals surface area contributed by atoms with Gasteiger partial charge in [0.25, 0.3) is 0 Å². The summed E-state index contributed by atoms with van der Waals surface area (Å²) in [5.41, 5.74) is 2.07. The molecule has 25 heavy (non-hydrogen) atoms. The van der Waals surface area contributed by atoms with Gasteiger partial charge < -0.3 is 14.6 Å². The Hall–Kier alpha value is -2.27. The van der Waals surface area contributed by atoms with E-state index in [0.717, 1.165) is 30.5 Å². The van der Waals surface area contributed by atoms with E-state index >= 15 is 0 Å². The minimum atomic E-state index is -0.0198. The summed E-state index contributed by atoms with van der Waals surface area (Å²) in [6.07, 6.45) is 4.15. The number of nitrogens with zero attached hydrogens (tertiary/aromatic N) is 2. The molecule has 0 radical (unpaired) electrons. The second-order valence-corrected chi connectivity index (χ2v) is 7.02. The number of hydrogen-bond donors (Lipinski definition) is 1. The van der Waals surface area contributed by atoms with Crippen LogP contribution in [0.15, 0.2) is 47.1 Å². The molecule has 3 rings (SSSR count). The number of nitrogens with one attached hydrogen (secondary N) is 1. The smallest absolute Gasteiger partial charge is 0.238 e. The van der Waals surface area contributed by atoms with Gasteiger partial charge in [-0.2, -0.15) is 0 Å². The van der Waals surface area contributed by atoms with Crippen LogP contribution in [0.3, 0.4) is 0 Å². The van der Waals surface area contributed by atoms with Gasteiger partial charge in [0.1, 0.15) is 5.76 Å². The van der Waals surface area contributed by atoms with E-state index in [9.17, 15) is 4.79 Å². The van der Waals surface area contributed by atoms with Crippen LogP contribution in [0, 0.1) is 5.92 Å². The van der Waals surface area contributed by atoms with Crippen LogP contribution >= 0.6 is 0 Å². The monoisotopic (exact) mass is 341 g/mol. The van der Waals surface area contributed by atoms with Gasteiger partial charge in [0.2, 0.25) is 5.91 Å². The minimum Gasteiger partial charge on any atom is -0.468 e. The lowest BCUT2D eigenvalue weighted by Gasteiger charge is -2.32. The van der Waals surface area contributed by atoms with Crippen molar-refractivity contribution in [1.29, 1.82) is 0 Å². The fourth-order valence-electron chi connectivity index (χ4n) is 3.19. The van der Waals surface area contributed by atoms with E-state index in [1.165, 1.54) is 18.5 Å². The van der Waals surface area contributed by atoms with Crippen molar-refractivity contribution in [2.75, 3.05) is 36.9 Å². The number of carbonyl (C=O) groups is 1. The Balaban J connectivity index is 1.48. The fourth-order valence-corrected chi connectivity index (χ4v) is 3.19. The molecule has 0 spiro atoms. The lowest BCUT2D eigenvalue weighted by molar-refractivity contribution is -0.117. The van der Waals surface area contributed by atoms with Crippen LogP contribution in [0.25, 0.3) is 0 Å². The largest absolute Gasteiger partial charge is 0.468 e. The first-order chi connectivity index (χ1) is 12.1. The Bertz CT molecular complexity index is 659. The number of anilines is 2. The summed E-state index contributed by atoms with van der Waals surface area (Å²) in [5.74, 6) is 1.66. The molecule has 5 nitrogen and oxygen atoms in total. The summed E-state index contributed by atoms with van der Waals surface area (Å²) >= 11 is 0. The summed E-state index contributed by atoms with van der Waals surface area (Å²) in [6, 6.07) is 11.9. The molecular formula is C20H27N3O2. The van der Waals surface area contributed by atoms with Gasteiger partial charge in [-0.1, -0.05) is 6.92 Å². The first kappa shape index (κ1) is 17.5. The third-order valence-electron chi connectivity index (χ3n) is 4.72. The molecule has 1 aliphatic rings. The molecule has 1 saturated heterocycles. The van der Waals surface area contributed by atoms with Crippen molar-refractivity contribution in [2.24, 2.45) is 5.92 Å². The molecule has 0 saturated carbocycles. The van der Waals surface area contributed by atoms with E-state index in [2.05, 4.69) is 29.3 Å². The van der Waals surface area contributed by atoms with Crippen molar-refractivity contribution in [3.05, 3.63) is 48.4 Å². The third-order valence-corrected chi connectivity index (χ3v) is 4.72. The van der Waals surface area contributed by atoms with Crippen LogP contribution in [-0.4, -0.2) is 37.5 Å². The van der Waals surface area contributed by atoms with Crippen LogP contribution in [-0.2, 0) is 11.3 Å². The van der Waals surface area contributed by atoms with E-state index < -0.39 is 0 Å². The molecule has 134 valence electrons. The van der Waals surface area contributed by atoms with Gasteiger partial charge in [0, 0.05) is 24.5 Å². The second kappa shape index (κ2) is 8.21. The highest BCUT2D eigenvalue weighted by Crippen LogP contribution is 2.24. The Kier molecular flexibility index (Phi) is 5.76. The van der Waals surface area contributed by atoms with Crippen molar-refractivity contribution in [3.8, 4) is 0 Å². The average molecular weight is 341 g/mol. The zero-order valence-corrected chi connectivity index (χ0v) is 15.1. The maximum absolute atomic E-state index is 12.2. The minimum absolute atomic E-state index is 0.0198. The normalized spacial score (nSPS) is 15.6. The zero-order chi connectivity index (χ0) is 17.6. The van der Waals surface area contributed by atoms with Crippen molar-refractivity contribution >= 4 is 17.3 Å². The van der Waals surface area contributed by atoms with Crippen molar-refractivity contribution in [2.45, 2.75) is 26.3 Å². The van der Waals surface area contributed by atoms with Crippen LogP contribution in [0.4, 0.5) is 11.4 Å². The standard InChI is InChI=1S/C20H27N3O2/c1-16-9-11-23(12-10-16)18-7-5-17(6-8-18)21-20(24)15-22(2)14-19-4-3-13-25-19/h3-8,13,16H,9-12,14-15H2,1-2H3,(H,21,24). The van der Waals surface area contributed by atoms with Gasteiger partial charge >= 0.3 is 0 Å². The van der Waals surface area contributed by atoms with Crippen molar-refractivity contribution in [3.63, 3.8) is 0 Å². The molecule has 1 aromatic heterocycles. The van der Waals surface area contributed by atoms with Gasteiger partial charge in [0.15, 0.2) is 0 Å². The quantitative estimate of drug-likeness (QED) is 0.872. The maximum atomic E-state index is 12.2. The maximum Gasteiger partial charge on any atom is 0.238 e.